The predicted octanol–water partition coefficient (Wildman–Crippen LogP) is 14.5. The zero-order valence-corrected chi connectivity index (χ0v) is 32.2. The summed E-state index contributed by atoms with van der Waals surface area (Å²) in [6, 6.07) is 68.6. The van der Waals surface area contributed by atoms with E-state index in [0.717, 1.165) is 71.4 Å². The van der Waals surface area contributed by atoms with Crippen molar-refractivity contribution in [2.75, 3.05) is 0 Å². The zero-order valence-electron chi connectivity index (χ0n) is 32.2. The highest BCUT2D eigenvalue weighted by atomic mass is 16.3. The summed E-state index contributed by atoms with van der Waals surface area (Å²) in [6.45, 7) is 0. The van der Waals surface area contributed by atoms with Crippen molar-refractivity contribution < 1.29 is 4.42 Å². The van der Waals surface area contributed by atoms with Crippen LogP contribution in [0.25, 0.3) is 127 Å². The Kier molecular flexibility index (Phi) is 6.95. The molecule has 0 amide bonds. The lowest BCUT2D eigenvalue weighted by molar-refractivity contribution is 0.669. The van der Waals surface area contributed by atoms with E-state index in [1.165, 1.54) is 37.7 Å². The third-order valence-corrected chi connectivity index (χ3v) is 12.2. The summed E-state index contributed by atoms with van der Waals surface area (Å²) in [7, 11) is 0. The number of hydrogen-bond donors (Lipinski definition) is 0. The molecule has 10 aromatic carbocycles. The highest BCUT2D eigenvalue weighted by Crippen LogP contribution is 2.41. The highest BCUT2D eigenvalue weighted by Gasteiger charge is 2.22. The highest BCUT2D eigenvalue weighted by molar-refractivity contribution is 6.21. The molecule has 0 aliphatic carbocycles. The van der Waals surface area contributed by atoms with Crippen molar-refractivity contribution in [1.82, 2.24) is 19.5 Å². The van der Waals surface area contributed by atoms with Crippen LogP contribution in [0, 0.1) is 0 Å². The average Bonchev–Trinajstić information content (AvgIpc) is 3.86. The third kappa shape index (κ3) is 4.90. The fourth-order valence-corrected chi connectivity index (χ4v) is 9.49. The van der Waals surface area contributed by atoms with Crippen LogP contribution in [0.5, 0.6) is 0 Å². The maximum atomic E-state index is 6.55. The van der Waals surface area contributed by atoms with Crippen LogP contribution in [-0.2, 0) is 0 Å². The molecule has 0 N–H and O–H groups in total. The van der Waals surface area contributed by atoms with Gasteiger partial charge in [-0.25, -0.2) is 4.98 Å². The largest absolute Gasteiger partial charge is 0.456 e. The van der Waals surface area contributed by atoms with E-state index < -0.39 is 0 Å². The van der Waals surface area contributed by atoms with Crippen molar-refractivity contribution in [3.63, 3.8) is 0 Å². The molecular weight excluding hydrogens is 733 g/mol. The van der Waals surface area contributed by atoms with Gasteiger partial charge < -0.3 is 4.42 Å². The number of furan rings is 1. The van der Waals surface area contributed by atoms with Crippen molar-refractivity contribution in [2.45, 2.75) is 0 Å². The molecule has 0 radical (unpaired) electrons. The summed E-state index contributed by atoms with van der Waals surface area (Å²) in [4.78, 5) is 16.2. The van der Waals surface area contributed by atoms with Gasteiger partial charge in [0.2, 0.25) is 5.95 Å². The van der Waals surface area contributed by atoms with Crippen LogP contribution in [0.4, 0.5) is 0 Å². The Labute approximate surface area is 343 Å². The molecule has 60 heavy (non-hydrogen) atoms. The van der Waals surface area contributed by atoms with Gasteiger partial charge in [-0.2, -0.15) is 9.97 Å². The van der Waals surface area contributed by atoms with Gasteiger partial charge in [0.15, 0.2) is 11.6 Å². The molecule has 0 bridgehead atoms. The Morgan fingerprint density at radius 3 is 1.87 bits per heavy atom. The molecule has 0 saturated carbocycles. The Bertz CT molecular complexity index is 3910. The maximum absolute atomic E-state index is 6.55. The monoisotopic (exact) mass is 764 g/mol. The standard InChI is InChI=1S/C55H32N4O/c1-2-15-35-32-50-46(30-34(35)14-1)52-44(24-12-26-49(52)60-50)54-56-53(38-18-11-17-36(29-38)45-31-37-16-4-5-19-39(37)41-21-7-8-22-42(41)45)57-55(58-54)59-47-25-10-9-23-43(47)51-40-20-6-3-13-33(40)27-28-48(51)59/h1-32H. The van der Waals surface area contributed by atoms with Crippen LogP contribution >= 0.6 is 0 Å². The molecular formula is C55H32N4O. The first-order valence-electron chi connectivity index (χ1n) is 20.3. The van der Waals surface area contributed by atoms with Crippen LogP contribution in [-0.4, -0.2) is 19.5 Å². The molecule has 0 aliphatic rings. The van der Waals surface area contributed by atoms with Crippen molar-refractivity contribution in [3.8, 4) is 39.9 Å². The molecule has 0 fully saturated rings. The van der Waals surface area contributed by atoms with Crippen molar-refractivity contribution in [2.24, 2.45) is 0 Å². The van der Waals surface area contributed by atoms with Crippen LogP contribution in [0.3, 0.4) is 0 Å². The molecule has 5 nitrogen and oxygen atoms in total. The Morgan fingerprint density at radius 1 is 0.333 bits per heavy atom. The molecule has 0 atom stereocenters. The smallest absolute Gasteiger partial charge is 0.238 e. The van der Waals surface area contributed by atoms with Gasteiger partial charge in [0.25, 0.3) is 0 Å². The molecule has 278 valence electrons. The Morgan fingerprint density at radius 2 is 1.00 bits per heavy atom. The number of fused-ring (bicyclic) bond motifs is 12. The second-order valence-corrected chi connectivity index (χ2v) is 15.6. The molecule has 0 unspecified atom stereocenters. The van der Waals surface area contributed by atoms with E-state index in [0.29, 0.717) is 17.6 Å². The number of nitrogens with zero attached hydrogens (tertiary/aromatic N) is 4. The van der Waals surface area contributed by atoms with Gasteiger partial charge in [0, 0.05) is 32.7 Å². The fourth-order valence-electron chi connectivity index (χ4n) is 9.49. The Hall–Kier alpha value is -8.15. The van der Waals surface area contributed by atoms with E-state index in [1.54, 1.807) is 0 Å². The van der Waals surface area contributed by atoms with Crippen LogP contribution < -0.4 is 0 Å². The molecule has 13 aromatic rings. The lowest BCUT2D eigenvalue weighted by Gasteiger charge is -2.13. The lowest BCUT2D eigenvalue weighted by atomic mass is 9.92. The number of aromatic nitrogens is 4. The summed E-state index contributed by atoms with van der Waals surface area (Å²) in [5.74, 6) is 1.71. The maximum Gasteiger partial charge on any atom is 0.238 e. The minimum atomic E-state index is 0.549. The van der Waals surface area contributed by atoms with E-state index >= 15 is 0 Å². The first-order chi connectivity index (χ1) is 29.7. The van der Waals surface area contributed by atoms with E-state index in [4.69, 9.17) is 19.4 Å². The van der Waals surface area contributed by atoms with Gasteiger partial charge >= 0.3 is 0 Å². The van der Waals surface area contributed by atoms with Gasteiger partial charge in [-0.3, -0.25) is 4.57 Å². The number of hydrogen-bond acceptors (Lipinski definition) is 4. The summed E-state index contributed by atoms with van der Waals surface area (Å²) in [5, 5.41) is 13.9. The summed E-state index contributed by atoms with van der Waals surface area (Å²) in [6.07, 6.45) is 0. The van der Waals surface area contributed by atoms with Crippen molar-refractivity contribution >= 4 is 86.8 Å². The van der Waals surface area contributed by atoms with Gasteiger partial charge in [-0.1, -0.05) is 152 Å². The SMILES string of the molecule is c1cc(-c2nc(-c3cccc4oc5cc6ccccc6cc5c34)nc(-n3c4ccccc4c4c5ccccc5ccc43)n2)cc(-c2cc3ccccc3c3ccccc23)c1. The van der Waals surface area contributed by atoms with Crippen LogP contribution in [0.1, 0.15) is 0 Å². The Balaban J connectivity index is 1.10. The summed E-state index contributed by atoms with van der Waals surface area (Å²) < 4.78 is 8.75. The molecule has 3 aromatic heterocycles. The quantitative estimate of drug-likeness (QED) is 0.167. The molecule has 0 saturated heterocycles. The molecule has 0 aliphatic heterocycles. The summed E-state index contributed by atoms with van der Waals surface area (Å²) >= 11 is 0. The number of benzene rings is 10. The first kappa shape index (κ1) is 32.9. The van der Waals surface area contributed by atoms with Gasteiger partial charge in [-0.05, 0) is 96.7 Å². The van der Waals surface area contributed by atoms with E-state index in [-0.39, 0.29) is 0 Å². The average molecular weight is 765 g/mol. The zero-order chi connectivity index (χ0) is 39.3. The third-order valence-electron chi connectivity index (χ3n) is 12.2. The van der Waals surface area contributed by atoms with E-state index in [2.05, 4.69) is 187 Å². The lowest BCUT2D eigenvalue weighted by Crippen LogP contribution is -2.06. The predicted molar refractivity (Wildman–Crippen MR) is 248 cm³/mol. The van der Waals surface area contributed by atoms with E-state index in [9.17, 15) is 0 Å². The molecule has 5 heteroatoms. The van der Waals surface area contributed by atoms with Gasteiger partial charge in [-0.15, -0.1) is 0 Å². The summed E-state index contributed by atoms with van der Waals surface area (Å²) in [5.41, 5.74) is 7.72. The van der Waals surface area contributed by atoms with E-state index in [1.807, 2.05) is 12.1 Å². The first-order valence-corrected chi connectivity index (χ1v) is 20.3. The number of rotatable bonds is 4. The normalized spacial score (nSPS) is 12.0. The van der Waals surface area contributed by atoms with Crippen LogP contribution in [0.2, 0.25) is 0 Å². The minimum Gasteiger partial charge on any atom is -0.456 e. The van der Waals surface area contributed by atoms with Crippen LogP contribution in [0.15, 0.2) is 199 Å². The topological polar surface area (TPSA) is 56.7 Å². The van der Waals surface area contributed by atoms with Gasteiger partial charge in [0.05, 0.1) is 11.0 Å². The molecule has 0 spiro atoms. The minimum absolute atomic E-state index is 0.549. The van der Waals surface area contributed by atoms with Crippen molar-refractivity contribution in [3.05, 3.63) is 194 Å². The number of para-hydroxylation sites is 1. The molecule has 3 heterocycles. The fraction of sp³-hybridized carbons (Fsp3) is 0. The second kappa shape index (κ2) is 12.7. The second-order valence-electron chi connectivity index (χ2n) is 15.6. The van der Waals surface area contributed by atoms with Gasteiger partial charge in [0.1, 0.15) is 11.2 Å². The molecule has 13 rings (SSSR count). The van der Waals surface area contributed by atoms with Crippen molar-refractivity contribution in [1.29, 1.82) is 0 Å².